The van der Waals surface area contributed by atoms with Crippen molar-refractivity contribution in [3.63, 3.8) is 0 Å². The molecule has 0 saturated carbocycles. The first-order chi connectivity index (χ1) is 16.9. The molecule has 0 radical (unpaired) electrons. The predicted octanol–water partition coefficient (Wildman–Crippen LogP) is 4.73. The maximum Gasteiger partial charge on any atom is 0.273 e. The van der Waals surface area contributed by atoms with Gasteiger partial charge in [-0.25, -0.2) is 8.42 Å². The number of rotatable bonds is 9. The van der Waals surface area contributed by atoms with Crippen molar-refractivity contribution in [2.75, 3.05) is 25.0 Å². The zero-order valence-corrected chi connectivity index (χ0v) is 21.8. The average molecular weight is 532 g/mol. The molecule has 1 amide bonds. The van der Waals surface area contributed by atoms with E-state index in [2.05, 4.69) is 0 Å². The quantitative estimate of drug-likeness (QED) is 0.291. The van der Waals surface area contributed by atoms with E-state index in [1.807, 2.05) is 31.2 Å². The van der Waals surface area contributed by atoms with Crippen LogP contribution in [0.2, 0.25) is 5.02 Å². The van der Waals surface area contributed by atoms with Crippen molar-refractivity contribution >= 4 is 38.9 Å². The highest BCUT2D eigenvalue weighted by Crippen LogP contribution is 2.36. The number of hydrogen-bond acceptors (Lipinski definition) is 6. The minimum atomic E-state index is -4.44. The van der Waals surface area contributed by atoms with E-state index in [1.54, 1.807) is 7.05 Å². The Hall–Kier alpha value is -3.63. The molecule has 36 heavy (non-hydrogen) atoms. The minimum Gasteiger partial charge on any atom is -0.495 e. The summed E-state index contributed by atoms with van der Waals surface area (Å²) in [5.41, 5.74) is 1.94. The van der Waals surface area contributed by atoms with Gasteiger partial charge in [0.1, 0.15) is 12.3 Å². The van der Waals surface area contributed by atoms with Gasteiger partial charge in [-0.1, -0.05) is 47.5 Å². The Balaban J connectivity index is 2.05. The van der Waals surface area contributed by atoms with E-state index in [0.717, 1.165) is 21.5 Å². The Bertz CT molecular complexity index is 1390. The average Bonchev–Trinajstić information content (AvgIpc) is 2.83. The van der Waals surface area contributed by atoms with Gasteiger partial charge in [-0.2, -0.15) is 0 Å². The molecule has 0 saturated heterocycles. The van der Waals surface area contributed by atoms with Crippen molar-refractivity contribution in [2.45, 2.75) is 25.3 Å². The number of hydrogen-bond donors (Lipinski definition) is 0. The van der Waals surface area contributed by atoms with Gasteiger partial charge in [0.05, 0.1) is 22.6 Å². The largest absolute Gasteiger partial charge is 0.495 e. The number of carbonyl (C=O) groups excluding carboxylic acids is 1. The van der Waals surface area contributed by atoms with E-state index in [-0.39, 0.29) is 33.6 Å². The van der Waals surface area contributed by atoms with Crippen LogP contribution in [-0.2, 0) is 21.4 Å². The molecule has 0 aliphatic carbocycles. The number of anilines is 1. The smallest absolute Gasteiger partial charge is 0.273 e. The van der Waals surface area contributed by atoms with Crippen LogP contribution >= 0.6 is 11.6 Å². The van der Waals surface area contributed by atoms with Crippen LogP contribution in [-0.4, -0.2) is 44.9 Å². The number of nitrogens with zero attached hydrogens (tertiary/aromatic N) is 3. The third-order valence-electron chi connectivity index (χ3n) is 5.62. The molecule has 11 heteroatoms. The molecule has 0 aliphatic heterocycles. The normalized spacial score (nSPS) is 11.1. The summed E-state index contributed by atoms with van der Waals surface area (Å²) in [6.45, 7) is 3.14. The highest BCUT2D eigenvalue weighted by atomic mass is 35.5. The molecule has 0 spiro atoms. The number of nitro groups is 1. The molecule has 0 aromatic heterocycles. The number of amides is 1. The summed E-state index contributed by atoms with van der Waals surface area (Å²) >= 11 is 6.16. The summed E-state index contributed by atoms with van der Waals surface area (Å²) in [4.78, 5) is 25.1. The molecule has 190 valence electrons. The van der Waals surface area contributed by atoms with E-state index >= 15 is 0 Å². The van der Waals surface area contributed by atoms with Crippen LogP contribution < -0.4 is 9.04 Å². The highest BCUT2D eigenvalue weighted by molar-refractivity contribution is 7.92. The molecule has 9 nitrogen and oxygen atoms in total. The Morgan fingerprint density at radius 3 is 2.33 bits per heavy atom. The zero-order valence-electron chi connectivity index (χ0n) is 20.3. The molecule has 3 rings (SSSR count). The number of methoxy groups -OCH3 is 1. The second-order valence-corrected chi connectivity index (χ2v) is 10.6. The Kier molecular flexibility index (Phi) is 8.21. The van der Waals surface area contributed by atoms with Crippen LogP contribution in [0.5, 0.6) is 5.75 Å². The van der Waals surface area contributed by atoms with Crippen LogP contribution in [0.15, 0.2) is 65.6 Å². The number of nitro benzene ring substituents is 1. The molecule has 3 aromatic rings. The second-order valence-electron chi connectivity index (χ2n) is 8.27. The molecule has 0 N–H and O–H groups in total. The van der Waals surface area contributed by atoms with Crippen LogP contribution in [0, 0.1) is 24.0 Å². The van der Waals surface area contributed by atoms with Gasteiger partial charge in [0, 0.05) is 30.2 Å². The van der Waals surface area contributed by atoms with E-state index < -0.39 is 27.4 Å². The number of benzene rings is 3. The predicted molar refractivity (Wildman–Crippen MR) is 138 cm³/mol. The van der Waals surface area contributed by atoms with Gasteiger partial charge in [-0.05, 0) is 43.7 Å². The summed E-state index contributed by atoms with van der Waals surface area (Å²) in [5, 5.41) is 11.7. The van der Waals surface area contributed by atoms with Crippen LogP contribution in [0.4, 0.5) is 11.4 Å². The first-order valence-corrected chi connectivity index (χ1v) is 12.7. The maximum atomic E-state index is 13.8. The fraction of sp³-hybridized carbons (Fsp3) is 0.240. The molecular formula is C25H26ClN3O6S. The van der Waals surface area contributed by atoms with Crippen molar-refractivity contribution in [3.8, 4) is 5.75 Å². The first kappa shape index (κ1) is 27.0. The van der Waals surface area contributed by atoms with Crippen LogP contribution in [0.1, 0.15) is 16.7 Å². The van der Waals surface area contributed by atoms with Gasteiger partial charge in [0.15, 0.2) is 0 Å². The number of likely N-dealkylation sites (N-methyl/N-ethyl adjacent to an activating group) is 1. The zero-order chi connectivity index (χ0) is 26.6. The van der Waals surface area contributed by atoms with Gasteiger partial charge in [0.2, 0.25) is 5.91 Å². The molecule has 0 fully saturated rings. The van der Waals surface area contributed by atoms with E-state index in [9.17, 15) is 23.3 Å². The van der Waals surface area contributed by atoms with Gasteiger partial charge < -0.3 is 9.64 Å². The molecule has 3 aromatic carbocycles. The van der Waals surface area contributed by atoms with Crippen molar-refractivity contribution < 1.29 is 22.9 Å². The fourth-order valence-corrected chi connectivity index (χ4v) is 5.13. The summed E-state index contributed by atoms with van der Waals surface area (Å²) in [7, 11) is -1.51. The van der Waals surface area contributed by atoms with Crippen LogP contribution in [0.3, 0.4) is 0 Å². The van der Waals surface area contributed by atoms with Crippen LogP contribution in [0.25, 0.3) is 0 Å². The topological polar surface area (TPSA) is 110 Å². The maximum absolute atomic E-state index is 13.8. The molecular weight excluding hydrogens is 506 g/mol. The lowest BCUT2D eigenvalue weighted by molar-refractivity contribution is -0.385. The molecule has 0 heterocycles. The van der Waals surface area contributed by atoms with E-state index in [0.29, 0.717) is 5.56 Å². The Labute approximate surface area is 215 Å². The highest BCUT2D eigenvalue weighted by Gasteiger charge is 2.32. The fourth-order valence-electron chi connectivity index (χ4n) is 3.53. The van der Waals surface area contributed by atoms with E-state index in [1.165, 1.54) is 49.3 Å². The Morgan fingerprint density at radius 2 is 1.72 bits per heavy atom. The lowest BCUT2D eigenvalue weighted by Crippen LogP contribution is -2.41. The summed E-state index contributed by atoms with van der Waals surface area (Å²) in [5.74, 6) is -0.332. The standard InChI is InChI=1S/C25H26ClN3O6S/c1-17-5-8-19(9-6-17)15-27(3)25(30)16-28(23-13-20(26)10-12-24(23)35-4)36(33,34)21-11-7-18(2)22(14-21)29(31)32/h5-14H,15-16H2,1-4H3. The number of halogens is 1. The summed E-state index contributed by atoms with van der Waals surface area (Å²) < 4.78 is 33.8. The van der Waals surface area contributed by atoms with Crippen molar-refractivity contribution in [1.82, 2.24) is 4.90 Å². The third-order valence-corrected chi connectivity index (χ3v) is 7.61. The third kappa shape index (κ3) is 5.95. The molecule has 0 unspecified atom stereocenters. The number of carbonyl (C=O) groups is 1. The molecule has 0 bridgehead atoms. The number of sulfonamides is 1. The Morgan fingerprint density at radius 1 is 1.06 bits per heavy atom. The summed E-state index contributed by atoms with van der Waals surface area (Å²) in [6, 6.07) is 15.6. The lowest BCUT2D eigenvalue weighted by Gasteiger charge is -2.28. The minimum absolute atomic E-state index is 0.0327. The van der Waals surface area contributed by atoms with Gasteiger partial charge >= 0.3 is 0 Å². The van der Waals surface area contributed by atoms with Gasteiger partial charge in [-0.3, -0.25) is 19.2 Å². The molecule has 0 aliphatic rings. The van der Waals surface area contributed by atoms with Gasteiger partial charge in [0.25, 0.3) is 15.7 Å². The van der Waals surface area contributed by atoms with Gasteiger partial charge in [-0.15, -0.1) is 0 Å². The SMILES string of the molecule is COc1ccc(Cl)cc1N(CC(=O)N(C)Cc1ccc(C)cc1)S(=O)(=O)c1ccc(C)c([N+](=O)[O-])c1. The second kappa shape index (κ2) is 11.0. The number of ether oxygens (including phenoxy) is 1. The lowest BCUT2D eigenvalue weighted by atomic mass is 10.1. The first-order valence-electron chi connectivity index (χ1n) is 10.8. The number of aryl methyl sites for hydroxylation is 2. The summed E-state index contributed by atoms with van der Waals surface area (Å²) in [6.07, 6.45) is 0. The van der Waals surface area contributed by atoms with Crippen molar-refractivity contribution in [1.29, 1.82) is 0 Å². The van der Waals surface area contributed by atoms with Crippen molar-refractivity contribution in [2.24, 2.45) is 0 Å². The molecule has 0 atom stereocenters. The van der Waals surface area contributed by atoms with E-state index in [4.69, 9.17) is 16.3 Å². The monoisotopic (exact) mass is 531 g/mol. The van der Waals surface area contributed by atoms with Crippen molar-refractivity contribution in [3.05, 3.63) is 92.5 Å².